The Kier molecular flexibility index (Phi) is 3.42. The molecule has 2 N–H and O–H groups in total. The van der Waals surface area contributed by atoms with E-state index in [1.807, 2.05) is 0 Å². The standard InChI is InChI=1S/C17H11N5O3/c23-14(8-13-19-21-22-20-13)18-12-7-3-6-11-15(12)17(25)10-5-2-1-4-9(10)16(11)24/h1-7H,8H2,(H,18,23)(H,19,20,21,22). The summed E-state index contributed by atoms with van der Waals surface area (Å²) in [6.45, 7) is 0. The van der Waals surface area contributed by atoms with Crippen LogP contribution in [0.5, 0.6) is 0 Å². The van der Waals surface area contributed by atoms with Gasteiger partial charge in [0, 0.05) is 16.7 Å². The summed E-state index contributed by atoms with van der Waals surface area (Å²) in [7, 11) is 0. The number of rotatable bonds is 3. The highest BCUT2D eigenvalue weighted by Gasteiger charge is 2.31. The number of H-pyrrole nitrogens is 1. The Hall–Kier alpha value is -3.68. The number of ketones is 2. The van der Waals surface area contributed by atoms with E-state index in [4.69, 9.17) is 0 Å². The second-order valence-corrected chi connectivity index (χ2v) is 5.48. The van der Waals surface area contributed by atoms with E-state index in [2.05, 4.69) is 25.9 Å². The van der Waals surface area contributed by atoms with E-state index in [0.29, 0.717) is 16.8 Å². The Bertz CT molecular complexity index is 1010. The Balaban J connectivity index is 1.71. The molecule has 4 rings (SSSR count). The zero-order chi connectivity index (χ0) is 17.4. The number of tetrazole rings is 1. The number of aromatic amines is 1. The third-order valence-corrected chi connectivity index (χ3v) is 3.93. The van der Waals surface area contributed by atoms with Gasteiger partial charge in [-0.1, -0.05) is 41.6 Å². The van der Waals surface area contributed by atoms with Gasteiger partial charge in [-0.05, 0) is 6.07 Å². The normalized spacial score (nSPS) is 12.5. The second kappa shape index (κ2) is 5.75. The minimum Gasteiger partial charge on any atom is -0.325 e. The SMILES string of the molecule is O=C(Cc1nn[nH]n1)Nc1cccc2c1C(=O)c1ccccc1C2=O. The largest absolute Gasteiger partial charge is 0.325 e. The molecule has 0 bridgehead atoms. The highest BCUT2D eigenvalue weighted by molar-refractivity contribution is 6.30. The molecule has 1 aliphatic carbocycles. The second-order valence-electron chi connectivity index (χ2n) is 5.48. The van der Waals surface area contributed by atoms with Crippen LogP contribution >= 0.6 is 0 Å². The highest BCUT2D eigenvalue weighted by Crippen LogP contribution is 2.31. The van der Waals surface area contributed by atoms with Crippen LogP contribution < -0.4 is 5.32 Å². The lowest BCUT2D eigenvalue weighted by molar-refractivity contribution is -0.115. The summed E-state index contributed by atoms with van der Waals surface area (Å²) >= 11 is 0. The van der Waals surface area contributed by atoms with Crippen molar-refractivity contribution in [2.24, 2.45) is 0 Å². The first kappa shape index (κ1) is 14.9. The number of carbonyl (C=O) groups excluding carboxylic acids is 3. The van der Waals surface area contributed by atoms with Crippen molar-refractivity contribution in [1.29, 1.82) is 0 Å². The van der Waals surface area contributed by atoms with Gasteiger partial charge in [-0.25, -0.2) is 0 Å². The Morgan fingerprint density at radius 1 is 0.960 bits per heavy atom. The number of amides is 1. The summed E-state index contributed by atoms with van der Waals surface area (Å²) in [5.41, 5.74) is 1.47. The molecule has 0 unspecified atom stereocenters. The van der Waals surface area contributed by atoms with E-state index in [0.717, 1.165) is 0 Å². The fourth-order valence-electron chi connectivity index (χ4n) is 2.84. The van der Waals surface area contributed by atoms with E-state index >= 15 is 0 Å². The first-order chi connectivity index (χ1) is 12.1. The topological polar surface area (TPSA) is 118 Å². The van der Waals surface area contributed by atoms with E-state index in [9.17, 15) is 14.4 Å². The molecule has 0 fully saturated rings. The van der Waals surface area contributed by atoms with E-state index < -0.39 is 5.91 Å². The molecule has 1 heterocycles. The van der Waals surface area contributed by atoms with Gasteiger partial charge in [0.1, 0.15) is 0 Å². The number of aromatic nitrogens is 4. The van der Waals surface area contributed by atoms with Crippen LogP contribution in [0.15, 0.2) is 42.5 Å². The monoisotopic (exact) mass is 333 g/mol. The van der Waals surface area contributed by atoms with E-state index in [1.165, 1.54) is 0 Å². The lowest BCUT2D eigenvalue weighted by Crippen LogP contribution is -2.24. The number of anilines is 1. The number of nitrogens with zero attached hydrogens (tertiary/aromatic N) is 3. The predicted octanol–water partition coefficient (Wildman–Crippen LogP) is 1.16. The summed E-state index contributed by atoms with van der Waals surface area (Å²) in [6.07, 6.45) is -0.0983. The molecule has 0 saturated carbocycles. The Morgan fingerprint density at radius 3 is 2.40 bits per heavy atom. The van der Waals surface area contributed by atoms with Crippen molar-refractivity contribution in [3.63, 3.8) is 0 Å². The molecule has 0 radical (unpaired) electrons. The van der Waals surface area contributed by atoms with Crippen LogP contribution in [-0.4, -0.2) is 38.1 Å². The van der Waals surface area contributed by atoms with Crippen LogP contribution in [0.3, 0.4) is 0 Å². The van der Waals surface area contributed by atoms with Gasteiger partial charge in [0.25, 0.3) is 0 Å². The van der Waals surface area contributed by atoms with Gasteiger partial charge in [0.05, 0.1) is 17.7 Å². The van der Waals surface area contributed by atoms with Crippen LogP contribution in [0.25, 0.3) is 0 Å². The first-order valence-corrected chi connectivity index (χ1v) is 7.49. The molecule has 0 saturated heterocycles. The zero-order valence-corrected chi connectivity index (χ0v) is 12.8. The predicted molar refractivity (Wildman–Crippen MR) is 86.3 cm³/mol. The highest BCUT2D eigenvalue weighted by atomic mass is 16.2. The number of carbonyl (C=O) groups is 3. The third kappa shape index (κ3) is 2.49. The molecule has 3 aromatic rings. The van der Waals surface area contributed by atoms with Crippen molar-refractivity contribution >= 4 is 23.2 Å². The molecule has 1 aromatic heterocycles. The summed E-state index contributed by atoms with van der Waals surface area (Å²) in [6, 6.07) is 11.4. The maximum atomic E-state index is 12.8. The van der Waals surface area contributed by atoms with Gasteiger partial charge >= 0.3 is 0 Å². The minimum absolute atomic E-state index is 0.0983. The quantitative estimate of drug-likeness (QED) is 0.581. The smallest absolute Gasteiger partial charge is 0.232 e. The molecular weight excluding hydrogens is 322 g/mol. The molecule has 122 valence electrons. The van der Waals surface area contributed by atoms with Gasteiger partial charge in [-0.2, -0.15) is 5.21 Å². The van der Waals surface area contributed by atoms with Crippen molar-refractivity contribution in [1.82, 2.24) is 20.6 Å². The maximum Gasteiger partial charge on any atom is 0.232 e. The Morgan fingerprint density at radius 2 is 1.68 bits per heavy atom. The molecule has 25 heavy (non-hydrogen) atoms. The van der Waals surface area contributed by atoms with Crippen LogP contribution in [0, 0.1) is 0 Å². The fourth-order valence-corrected chi connectivity index (χ4v) is 2.84. The molecule has 1 aliphatic rings. The fraction of sp³-hybridized carbons (Fsp3) is 0.0588. The van der Waals surface area contributed by atoms with Crippen LogP contribution in [-0.2, 0) is 11.2 Å². The van der Waals surface area contributed by atoms with Crippen molar-refractivity contribution in [3.8, 4) is 0 Å². The molecular formula is C17H11N5O3. The van der Waals surface area contributed by atoms with Crippen molar-refractivity contribution in [3.05, 3.63) is 70.5 Å². The van der Waals surface area contributed by atoms with Gasteiger partial charge in [-0.3, -0.25) is 14.4 Å². The number of hydrogen-bond donors (Lipinski definition) is 2. The first-order valence-electron chi connectivity index (χ1n) is 7.49. The van der Waals surface area contributed by atoms with Crippen LogP contribution in [0.1, 0.15) is 37.7 Å². The van der Waals surface area contributed by atoms with Crippen LogP contribution in [0.4, 0.5) is 5.69 Å². The Labute approximate surface area is 141 Å². The van der Waals surface area contributed by atoms with E-state index in [-0.39, 0.29) is 34.9 Å². The van der Waals surface area contributed by atoms with Gasteiger partial charge in [0.15, 0.2) is 17.4 Å². The van der Waals surface area contributed by atoms with Gasteiger partial charge < -0.3 is 5.32 Å². The van der Waals surface area contributed by atoms with Crippen molar-refractivity contribution in [2.75, 3.05) is 5.32 Å². The number of benzene rings is 2. The third-order valence-electron chi connectivity index (χ3n) is 3.93. The summed E-state index contributed by atoms with van der Waals surface area (Å²) < 4.78 is 0. The lowest BCUT2D eigenvalue weighted by Gasteiger charge is -2.20. The van der Waals surface area contributed by atoms with Crippen LogP contribution in [0.2, 0.25) is 0 Å². The molecule has 0 atom stereocenters. The number of hydrogen-bond acceptors (Lipinski definition) is 6. The van der Waals surface area contributed by atoms with E-state index in [1.54, 1.807) is 42.5 Å². The summed E-state index contributed by atoms with van der Waals surface area (Å²) in [4.78, 5) is 37.7. The molecule has 8 nitrogen and oxygen atoms in total. The summed E-state index contributed by atoms with van der Waals surface area (Å²) in [5, 5.41) is 15.7. The average molecular weight is 333 g/mol. The summed E-state index contributed by atoms with van der Waals surface area (Å²) in [5.74, 6) is -0.705. The number of nitrogens with one attached hydrogen (secondary N) is 2. The van der Waals surface area contributed by atoms with Crippen molar-refractivity contribution in [2.45, 2.75) is 6.42 Å². The van der Waals surface area contributed by atoms with Gasteiger partial charge in [-0.15, -0.1) is 10.2 Å². The zero-order valence-electron chi connectivity index (χ0n) is 12.8. The van der Waals surface area contributed by atoms with Gasteiger partial charge in [0.2, 0.25) is 5.91 Å². The van der Waals surface area contributed by atoms with Crippen molar-refractivity contribution < 1.29 is 14.4 Å². The average Bonchev–Trinajstić information content (AvgIpc) is 3.12. The maximum absolute atomic E-state index is 12.8. The number of fused-ring (bicyclic) bond motifs is 2. The minimum atomic E-state index is -0.408. The molecule has 8 heteroatoms. The lowest BCUT2D eigenvalue weighted by atomic mass is 9.83. The molecule has 2 aromatic carbocycles. The molecule has 0 spiro atoms. The molecule has 0 aliphatic heterocycles. The molecule has 1 amide bonds.